The Morgan fingerprint density at radius 1 is 1.20 bits per heavy atom. The normalized spacial score (nSPS) is 18.6. The van der Waals surface area contributed by atoms with Crippen LogP contribution in [0.1, 0.15) is 5.56 Å². The zero-order chi connectivity index (χ0) is 17.8. The van der Waals surface area contributed by atoms with Crippen LogP contribution in [0.5, 0.6) is 0 Å². The number of fused-ring (bicyclic) bond motifs is 1. The van der Waals surface area contributed by atoms with Crippen molar-refractivity contribution in [1.29, 1.82) is 0 Å². The second kappa shape index (κ2) is 7.57. The van der Waals surface area contributed by atoms with Gasteiger partial charge in [-0.05, 0) is 24.8 Å². The number of piperazine rings is 1. The highest BCUT2D eigenvalue weighted by Crippen LogP contribution is 2.35. The van der Waals surface area contributed by atoms with E-state index in [1.807, 2.05) is 18.2 Å². The molecule has 1 fully saturated rings. The summed E-state index contributed by atoms with van der Waals surface area (Å²) in [5.41, 5.74) is 4.08. The molecule has 1 amide bonds. The lowest BCUT2D eigenvalue weighted by atomic mass is 10.1. The highest BCUT2D eigenvalue weighted by molar-refractivity contribution is 5.92. The van der Waals surface area contributed by atoms with Gasteiger partial charge in [0.15, 0.2) is 0 Å². The molecule has 0 radical (unpaired) electrons. The van der Waals surface area contributed by atoms with Gasteiger partial charge in [0.2, 0.25) is 0 Å². The Bertz CT molecular complexity index is 703. The van der Waals surface area contributed by atoms with Crippen LogP contribution >= 0.6 is 0 Å². The molecule has 0 bridgehead atoms. The molecule has 25 heavy (non-hydrogen) atoms. The fourth-order valence-corrected chi connectivity index (χ4v) is 3.29. The fourth-order valence-electron chi connectivity index (χ4n) is 3.29. The number of likely N-dealkylation sites (N-methyl/N-ethyl adjacent to an activating group) is 1. The summed E-state index contributed by atoms with van der Waals surface area (Å²) >= 11 is 0. The van der Waals surface area contributed by atoms with Crippen molar-refractivity contribution in [2.45, 2.75) is 6.61 Å². The minimum absolute atomic E-state index is 0.320. The summed E-state index contributed by atoms with van der Waals surface area (Å²) in [5, 5.41) is 0. The van der Waals surface area contributed by atoms with E-state index in [-0.39, 0.29) is 6.09 Å². The molecule has 0 N–H and O–H groups in total. The molecule has 0 spiro atoms. The van der Waals surface area contributed by atoms with Gasteiger partial charge >= 0.3 is 6.09 Å². The summed E-state index contributed by atoms with van der Waals surface area (Å²) in [7, 11) is 2.14. The molecule has 0 saturated carbocycles. The third-order valence-corrected chi connectivity index (χ3v) is 4.76. The van der Waals surface area contributed by atoms with E-state index in [4.69, 9.17) is 4.74 Å². The van der Waals surface area contributed by atoms with Crippen LogP contribution < -0.4 is 9.80 Å². The molecule has 1 saturated heterocycles. The highest BCUT2D eigenvalue weighted by Gasteiger charge is 2.29. The monoisotopic (exact) mass is 339 g/mol. The summed E-state index contributed by atoms with van der Waals surface area (Å²) in [6.07, 6.45) is 4.99. The average molecular weight is 339 g/mol. The third kappa shape index (κ3) is 3.61. The summed E-state index contributed by atoms with van der Waals surface area (Å²) in [4.78, 5) is 18.7. The Labute approximate surface area is 149 Å². The largest absolute Gasteiger partial charge is 0.444 e. The predicted molar refractivity (Wildman–Crippen MR) is 102 cm³/mol. The topological polar surface area (TPSA) is 36.0 Å². The lowest BCUT2D eigenvalue weighted by Crippen LogP contribution is -2.45. The van der Waals surface area contributed by atoms with E-state index in [1.165, 1.54) is 0 Å². The molecule has 1 aromatic rings. The lowest BCUT2D eigenvalue weighted by molar-refractivity contribution is 0.142. The molecular weight excluding hydrogens is 314 g/mol. The number of carbonyl (C=O) groups is 1. The van der Waals surface area contributed by atoms with Gasteiger partial charge in [-0.15, -0.1) is 0 Å². The molecule has 0 unspecified atom stereocenters. The van der Waals surface area contributed by atoms with Gasteiger partial charge in [-0.2, -0.15) is 0 Å². The predicted octanol–water partition coefficient (Wildman–Crippen LogP) is 3.19. The van der Waals surface area contributed by atoms with E-state index >= 15 is 0 Å². The van der Waals surface area contributed by atoms with E-state index in [9.17, 15) is 4.79 Å². The molecule has 0 aliphatic carbocycles. The van der Waals surface area contributed by atoms with Crippen molar-refractivity contribution in [2.24, 2.45) is 0 Å². The maximum atomic E-state index is 12.3. The van der Waals surface area contributed by atoms with Crippen molar-refractivity contribution in [3.05, 3.63) is 60.7 Å². The first kappa shape index (κ1) is 17.3. The zero-order valence-electron chi connectivity index (χ0n) is 14.8. The molecule has 132 valence electrons. The Hall–Kier alpha value is -2.53. The number of hydrogen-bond acceptors (Lipinski definition) is 4. The third-order valence-electron chi connectivity index (χ3n) is 4.76. The maximum Gasteiger partial charge on any atom is 0.414 e. The van der Waals surface area contributed by atoms with Crippen LogP contribution in [-0.2, 0) is 11.3 Å². The van der Waals surface area contributed by atoms with Crippen LogP contribution in [0.3, 0.4) is 0 Å². The van der Waals surface area contributed by atoms with Crippen molar-refractivity contribution in [3.8, 4) is 0 Å². The highest BCUT2D eigenvalue weighted by atomic mass is 16.6. The number of ether oxygens (including phenoxy) is 1. The molecular formula is C20H25N3O2. The molecule has 0 aromatic heterocycles. The minimum Gasteiger partial charge on any atom is -0.444 e. The Balaban J connectivity index is 1.92. The Kier molecular flexibility index (Phi) is 5.24. The van der Waals surface area contributed by atoms with E-state index < -0.39 is 0 Å². The van der Waals surface area contributed by atoms with E-state index in [1.54, 1.807) is 17.1 Å². The Morgan fingerprint density at radius 2 is 1.92 bits per heavy atom. The first-order chi connectivity index (χ1) is 12.1. The molecule has 3 rings (SSSR count). The quantitative estimate of drug-likeness (QED) is 0.772. The molecule has 0 atom stereocenters. The van der Waals surface area contributed by atoms with Crippen molar-refractivity contribution in [3.63, 3.8) is 0 Å². The summed E-state index contributed by atoms with van der Waals surface area (Å²) in [6.45, 7) is 12.3. The van der Waals surface area contributed by atoms with Crippen LogP contribution in [0.25, 0.3) is 0 Å². The molecule has 1 aromatic carbocycles. The SMILES string of the molecule is C=C/C=C(\C=C)CN1C(=O)OCc2c(N3CCN(C)CC3)cccc21. The number of hydrogen-bond donors (Lipinski definition) is 0. The molecule has 2 heterocycles. The van der Waals surface area contributed by atoms with Gasteiger partial charge in [-0.1, -0.05) is 37.5 Å². The van der Waals surface area contributed by atoms with Gasteiger partial charge in [0, 0.05) is 37.4 Å². The first-order valence-corrected chi connectivity index (χ1v) is 8.57. The van der Waals surface area contributed by atoms with E-state index in [2.05, 4.69) is 36.1 Å². The van der Waals surface area contributed by atoms with Gasteiger partial charge in [0.1, 0.15) is 6.61 Å². The second-order valence-electron chi connectivity index (χ2n) is 6.39. The number of rotatable bonds is 5. The number of carbonyl (C=O) groups excluding carboxylic acids is 1. The van der Waals surface area contributed by atoms with Crippen LogP contribution in [-0.4, -0.2) is 50.8 Å². The van der Waals surface area contributed by atoms with Gasteiger partial charge in [0.25, 0.3) is 0 Å². The fraction of sp³-hybridized carbons (Fsp3) is 0.350. The summed E-state index contributed by atoms with van der Waals surface area (Å²) in [5.74, 6) is 0. The Morgan fingerprint density at radius 3 is 2.60 bits per heavy atom. The maximum absolute atomic E-state index is 12.3. The average Bonchev–Trinajstić information content (AvgIpc) is 2.63. The lowest BCUT2D eigenvalue weighted by Gasteiger charge is -2.37. The number of anilines is 2. The molecule has 5 nitrogen and oxygen atoms in total. The van der Waals surface area contributed by atoms with Crippen molar-refractivity contribution >= 4 is 17.5 Å². The summed E-state index contributed by atoms with van der Waals surface area (Å²) < 4.78 is 5.46. The van der Waals surface area contributed by atoms with Crippen molar-refractivity contribution in [2.75, 3.05) is 49.6 Å². The number of benzene rings is 1. The second-order valence-corrected chi connectivity index (χ2v) is 6.39. The van der Waals surface area contributed by atoms with E-state index in [0.717, 1.165) is 48.7 Å². The van der Waals surface area contributed by atoms with Crippen molar-refractivity contribution < 1.29 is 9.53 Å². The molecule has 2 aliphatic rings. The van der Waals surface area contributed by atoms with Crippen LogP contribution in [0, 0.1) is 0 Å². The zero-order valence-corrected chi connectivity index (χ0v) is 14.8. The van der Waals surface area contributed by atoms with Gasteiger partial charge in [-0.25, -0.2) is 4.79 Å². The van der Waals surface area contributed by atoms with Crippen LogP contribution in [0.2, 0.25) is 0 Å². The van der Waals surface area contributed by atoms with Crippen LogP contribution in [0.15, 0.2) is 55.2 Å². The summed E-state index contributed by atoms with van der Waals surface area (Å²) in [6, 6.07) is 6.13. The number of allylic oxidation sites excluding steroid dienone is 2. The first-order valence-electron chi connectivity index (χ1n) is 8.57. The van der Waals surface area contributed by atoms with Gasteiger partial charge < -0.3 is 14.5 Å². The number of nitrogens with zero attached hydrogens (tertiary/aromatic N) is 3. The molecule has 2 aliphatic heterocycles. The smallest absolute Gasteiger partial charge is 0.414 e. The standard InChI is InChI=1S/C20H25N3O2/c1-4-7-16(5-2)14-23-19-9-6-8-18(17(19)15-25-20(23)24)22-12-10-21(3)11-13-22/h4-9H,1-2,10-15H2,3H3/b16-7+. The van der Waals surface area contributed by atoms with Gasteiger partial charge in [-0.3, -0.25) is 4.90 Å². The van der Waals surface area contributed by atoms with E-state index in [0.29, 0.717) is 13.2 Å². The molecule has 5 heteroatoms. The number of cyclic esters (lactones) is 1. The van der Waals surface area contributed by atoms with Crippen molar-refractivity contribution in [1.82, 2.24) is 4.90 Å². The number of amides is 1. The van der Waals surface area contributed by atoms with Gasteiger partial charge in [0.05, 0.1) is 12.2 Å². The minimum atomic E-state index is -0.320. The van der Waals surface area contributed by atoms with Crippen LogP contribution in [0.4, 0.5) is 16.2 Å².